The van der Waals surface area contributed by atoms with Crippen LogP contribution in [0.5, 0.6) is 0 Å². The van der Waals surface area contributed by atoms with E-state index < -0.39 is 45.3 Å². The van der Waals surface area contributed by atoms with Crippen LogP contribution in [0.4, 0.5) is 8.78 Å². The van der Waals surface area contributed by atoms with Crippen molar-refractivity contribution in [1.82, 2.24) is 14.9 Å². The van der Waals surface area contributed by atoms with Gasteiger partial charge in [-0.2, -0.15) is 0 Å². The van der Waals surface area contributed by atoms with Crippen molar-refractivity contribution in [3.63, 3.8) is 0 Å². The average molecular weight is 668 g/mol. The van der Waals surface area contributed by atoms with Crippen LogP contribution < -0.4 is 5.32 Å². The van der Waals surface area contributed by atoms with Gasteiger partial charge in [0.25, 0.3) is 5.91 Å². The van der Waals surface area contributed by atoms with Crippen molar-refractivity contribution in [2.24, 2.45) is 7.05 Å². The number of benzene rings is 3. The van der Waals surface area contributed by atoms with Crippen molar-refractivity contribution in [2.45, 2.75) is 58.0 Å². The highest BCUT2D eigenvalue weighted by Crippen LogP contribution is 2.29. The number of ether oxygens (including phenoxy) is 2. The number of hydrogen-bond acceptors (Lipinski definition) is 7. The highest BCUT2D eigenvalue weighted by atomic mass is 32.2. The molecule has 0 spiro atoms. The maximum atomic E-state index is 13.9. The van der Waals surface area contributed by atoms with E-state index in [1.807, 2.05) is 17.8 Å². The Bertz CT molecular complexity index is 1800. The van der Waals surface area contributed by atoms with Gasteiger partial charge in [-0.3, -0.25) is 4.79 Å². The van der Waals surface area contributed by atoms with Crippen LogP contribution in [0.1, 0.15) is 60.6 Å². The molecule has 0 aliphatic carbocycles. The Hall–Kier alpha value is -4.42. The Kier molecular flexibility index (Phi) is 11.3. The Labute approximate surface area is 273 Å². The Morgan fingerprint density at radius 1 is 0.979 bits per heavy atom. The molecule has 12 heteroatoms. The minimum Gasteiger partial charge on any atom is -0.458 e. The first-order chi connectivity index (χ1) is 22.1. The van der Waals surface area contributed by atoms with Crippen LogP contribution >= 0.6 is 0 Å². The molecule has 0 aliphatic heterocycles. The topological polar surface area (TPSA) is 117 Å². The summed E-state index contributed by atoms with van der Waals surface area (Å²) >= 11 is 0. The molecular formula is C35H39F2N3O6S. The number of carbonyl (C=O) groups excluding carboxylic acids is 2. The molecule has 250 valence electrons. The molecule has 0 radical (unpaired) electrons. The zero-order chi connectivity index (χ0) is 34.4. The summed E-state index contributed by atoms with van der Waals surface area (Å²) in [5.41, 5.74) is 1.73. The molecule has 0 fully saturated rings. The first-order valence-electron chi connectivity index (χ1n) is 15.0. The first-order valence-corrected chi connectivity index (χ1v) is 17.1. The van der Waals surface area contributed by atoms with Crippen molar-refractivity contribution >= 4 is 21.7 Å². The van der Waals surface area contributed by atoms with E-state index >= 15 is 0 Å². The predicted octanol–water partition coefficient (Wildman–Crippen LogP) is 5.74. The molecule has 0 saturated carbocycles. The Balaban J connectivity index is 1.64. The number of amides is 1. The number of esters is 1. The van der Waals surface area contributed by atoms with E-state index in [0.29, 0.717) is 23.1 Å². The first kappa shape index (κ1) is 35.4. The van der Waals surface area contributed by atoms with Crippen LogP contribution in [-0.2, 0) is 44.2 Å². The van der Waals surface area contributed by atoms with Crippen LogP contribution in [0.15, 0.2) is 79.1 Å². The average Bonchev–Trinajstić information content (AvgIpc) is 3.40. The van der Waals surface area contributed by atoms with Gasteiger partial charge in [-0.1, -0.05) is 30.3 Å². The van der Waals surface area contributed by atoms with E-state index in [9.17, 15) is 26.8 Å². The standard InChI is InChI=1S/C35H39F2N3O6S/c1-35(2,3)46-34(42)30(16-19-47(5,43)44)39-33(41)28-15-6-23(20-29(28)24-7-11-26(36)12-8-24)22-45-31(21-32-38-17-18-40(32)4)25-9-13-27(37)14-10-25/h6-15,17-18,20,30-31H,16,19,21-22H2,1-5H3,(H,39,41)/t30-,31?/m0/s1. The number of sulfone groups is 1. The number of nitrogens with one attached hydrogen (secondary N) is 1. The zero-order valence-corrected chi connectivity index (χ0v) is 27.8. The summed E-state index contributed by atoms with van der Waals surface area (Å²) in [5, 5.41) is 2.65. The maximum absolute atomic E-state index is 13.9. The minimum absolute atomic E-state index is 0.109. The fourth-order valence-corrected chi connectivity index (χ4v) is 5.51. The fourth-order valence-electron chi connectivity index (χ4n) is 4.84. The van der Waals surface area contributed by atoms with Gasteiger partial charge in [-0.25, -0.2) is 27.0 Å². The van der Waals surface area contributed by atoms with E-state index in [-0.39, 0.29) is 30.2 Å². The van der Waals surface area contributed by atoms with Crippen LogP contribution in [0, 0.1) is 11.6 Å². The van der Waals surface area contributed by atoms with Gasteiger partial charge in [0.1, 0.15) is 38.9 Å². The summed E-state index contributed by atoms with van der Waals surface area (Å²) in [6.07, 6.45) is 4.32. The van der Waals surface area contributed by atoms with Crippen molar-refractivity contribution in [2.75, 3.05) is 12.0 Å². The molecule has 2 atom stereocenters. The summed E-state index contributed by atoms with van der Waals surface area (Å²) in [5.74, 6) is -1.79. The van der Waals surface area contributed by atoms with E-state index in [0.717, 1.165) is 17.6 Å². The van der Waals surface area contributed by atoms with Crippen molar-refractivity contribution < 1.29 is 36.3 Å². The van der Waals surface area contributed by atoms with Crippen LogP contribution in [0.25, 0.3) is 11.1 Å². The number of nitrogens with zero attached hydrogens (tertiary/aromatic N) is 2. The number of rotatable bonds is 13. The lowest BCUT2D eigenvalue weighted by Gasteiger charge is -2.25. The lowest BCUT2D eigenvalue weighted by molar-refractivity contribution is -0.157. The Morgan fingerprint density at radius 3 is 2.19 bits per heavy atom. The summed E-state index contributed by atoms with van der Waals surface area (Å²) in [7, 11) is -1.57. The van der Waals surface area contributed by atoms with Gasteiger partial charge in [0.15, 0.2) is 0 Å². The highest BCUT2D eigenvalue weighted by molar-refractivity contribution is 7.90. The maximum Gasteiger partial charge on any atom is 0.329 e. The van der Waals surface area contributed by atoms with E-state index in [1.165, 1.54) is 36.4 Å². The molecule has 47 heavy (non-hydrogen) atoms. The summed E-state index contributed by atoms with van der Waals surface area (Å²) in [4.78, 5) is 31.1. The van der Waals surface area contributed by atoms with E-state index in [1.54, 1.807) is 57.3 Å². The second-order valence-electron chi connectivity index (χ2n) is 12.4. The third kappa shape index (κ3) is 10.5. The molecule has 1 unspecified atom stereocenters. The number of aromatic nitrogens is 2. The van der Waals surface area contributed by atoms with Gasteiger partial charge in [0.2, 0.25) is 0 Å². The largest absolute Gasteiger partial charge is 0.458 e. The number of hydrogen-bond donors (Lipinski definition) is 1. The second-order valence-corrected chi connectivity index (χ2v) is 14.6. The molecule has 4 rings (SSSR count). The summed E-state index contributed by atoms with van der Waals surface area (Å²) in [6, 6.07) is 15.4. The molecule has 4 aromatic rings. The third-order valence-corrected chi connectivity index (χ3v) is 8.22. The smallest absolute Gasteiger partial charge is 0.329 e. The summed E-state index contributed by atoms with van der Waals surface area (Å²) in [6.45, 7) is 5.12. The van der Waals surface area contributed by atoms with Gasteiger partial charge in [-0.05, 0) is 85.8 Å². The number of imidazole rings is 1. The minimum atomic E-state index is -3.44. The second kappa shape index (κ2) is 15.0. The molecule has 3 aromatic carbocycles. The third-order valence-electron chi connectivity index (χ3n) is 7.24. The number of halogens is 2. The van der Waals surface area contributed by atoms with Gasteiger partial charge in [0.05, 0.1) is 18.5 Å². The molecule has 1 N–H and O–H groups in total. The lowest BCUT2D eigenvalue weighted by Crippen LogP contribution is -2.45. The highest BCUT2D eigenvalue weighted by Gasteiger charge is 2.29. The molecule has 1 heterocycles. The summed E-state index contributed by atoms with van der Waals surface area (Å²) < 4.78 is 65.0. The monoisotopic (exact) mass is 667 g/mol. The van der Waals surface area contributed by atoms with Crippen molar-refractivity contribution in [3.05, 3.63) is 113 Å². The molecule has 1 amide bonds. The van der Waals surface area contributed by atoms with E-state index in [2.05, 4.69) is 10.3 Å². The number of aryl methyl sites for hydroxylation is 1. The van der Waals surface area contributed by atoms with Crippen molar-refractivity contribution in [3.8, 4) is 11.1 Å². The Morgan fingerprint density at radius 2 is 1.62 bits per heavy atom. The zero-order valence-electron chi connectivity index (χ0n) is 27.0. The van der Waals surface area contributed by atoms with Gasteiger partial charge >= 0.3 is 5.97 Å². The number of carbonyl (C=O) groups is 2. The van der Waals surface area contributed by atoms with Crippen LogP contribution in [-0.4, -0.2) is 53.5 Å². The van der Waals surface area contributed by atoms with Gasteiger partial charge in [0, 0.05) is 37.7 Å². The molecule has 0 bridgehead atoms. The predicted molar refractivity (Wildman–Crippen MR) is 174 cm³/mol. The normalized spacial score (nSPS) is 13.2. The molecular weight excluding hydrogens is 628 g/mol. The molecule has 9 nitrogen and oxygen atoms in total. The van der Waals surface area contributed by atoms with Gasteiger partial charge < -0.3 is 19.4 Å². The fraction of sp³-hybridized carbons (Fsp3) is 0.343. The molecule has 1 aromatic heterocycles. The molecule has 0 aliphatic rings. The van der Waals surface area contributed by atoms with Crippen LogP contribution in [0.3, 0.4) is 0 Å². The quantitative estimate of drug-likeness (QED) is 0.181. The molecule has 0 saturated heterocycles. The van der Waals surface area contributed by atoms with E-state index in [4.69, 9.17) is 9.47 Å². The van der Waals surface area contributed by atoms with Crippen molar-refractivity contribution in [1.29, 1.82) is 0 Å². The van der Waals surface area contributed by atoms with Gasteiger partial charge in [-0.15, -0.1) is 0 Å². The SMILES string of the molecule is Cn1ccnc1CC(OCc1ccc(C(=O)N[C@@H](CCS(C)(=O)=O)C(=O)OC(C)(C)C)c(-c2ccc(F)cc2)c1)c1ccc(F)cc1. The lowest BCUT2D eigenvalue weighted by atomic mass is 9.96. The van der Waals surface area contributed by atoms with Crippen LogP contribution in [0.2, 0.25) is 0 Å².